The molecule has 0 saturated heterocycles. The minimum Gasteiger partial charge on any atom is -0.464 e. The first-order chi connectivity index (χ1) is 9.10. The van der Waals surface area contributed by atoms with Gasteiger partial charge in [-0.25, -0.2) is 0 Å². The third-order valence-electron chi connectivity index (χ3n) is 3.04. The average molecular weight is 285 g/mol. The van der Waals surface area contributed by atoms with Crippen molar-refractivity contribution in [1.29, 1.82) is 0 Å². The van der Waals surface area contributed by atoms with Crippen molar-refractivity contribution in [3.63, 3.8) is 0 Å². The number of nitrogens with zero attached hydrogens (tertiary/aromatic N) is 4. The predicted molar refractivity (Wildman–Crippen MR) is 75.8 cm³/mol. The number of hydrogen-bond donors (Lipinski definition) is 0. The summed E-state index contributed by atoms with van der Waals surface area (Å²) in [5.41, 5.74) is 0. The molecule has 2 rings (SSSR count). The van der Waals surface area contributed by atoms with Crippen molar-refractivity contribution in [2.24, 2.45) is 5.92 Å². The molecule has 19 heavy (non-hydrogen) atoms. The number of aromatic nitrogens is 3. The minimum atomic E-state index is 0.198. The minimum absolute atomic E-state index is 0.198. The fourth-order valence-electron chi connectivity index (χ4n) is 1.87. The predicted octanol–water partition coefficient (Wildman–Crippen LogP) is 2.94. The van der Waals surface area contributed by atoms with Crippen molar-refractivity contribution in [3.8, 4) is 6.01 Å². The van der Waals surface area contributed by atoms with Crippen LogP contribution in [0.1, 0.15) is 40.0 Å². The van der Waals surface area contributed by atoms with E-state index < -0.39 is 0 Å². The van der Waals surface area contributed by atoms with E-state index in [0.717, 1.165) is 13.0 Å². The van der Waals surface area contributed by atoms with Gasteiger partial charge in [-0.3, -0.25) is 0 Å². The van der Waals surface area contributed by atoms with Crippen LogP contribution < -0.4 is 9.64 Å². The zero-order valence-electron chi connectivity index (χ0n) is 11.8. The molecule has 106 valence electrons. The van der Waals surface area contributed by atoms with Crippen LogP contribution in [-0.4, -0.2) is 34.1 Å². The molecule has 6 heteroatoms. The number of halogens is 1. The van der Waals surface area contributed by atoms with Gasteiger partial charge in [-0.1, -0.05) is 13.8 Å². The summed E-state index contributed by atoms with van der Waals surface area (Å²) in [6.07, 6.45) is 3.51. The molecule has 1 aliphatic rings. The fourth-order valence-corrected chi connectivity index (χ4v) is 2.02. The molecule has 0 unspecified atom stereocenters. The molecule has 0 radical (unpaired) electrons. The van der Waals surface area contributed by atoms with Gasteiger partial charge in [0.25, 0.3) is 0 Å². The zero-order chi connectivity index (χ0) is 13.8. The van der Waals surface area contributed by atoms with Crippen LogP contribution in [0.15, 0.2) is 0 Å². The monoisotopic (exact) mass is 284 g/mol. The maximum absolute atomic E-state index is 5.95. The lowest BCUT2D eigenvalue weighted by Crippen LogP contribution is -2.30. The lowest BCUT2D eigenvalue weighted by molar-refractivity contribution is 0.311. The van der Waals surface area contributed by atoms with Crippen LogP contribution in [0.5, 0.6) is 6.01 Å². The second-order valence-electron chi connectivity index (χ2n) is 5.23. The van der Waals surface area contributed by atoms with E-state index >= 15 is 0 Å². The van der Waals surface area contributed by atoms with Gasteiger partial charge >= 0.3 is 6.01 Å². The maximum atomic E-state index is 5.95. The highest BCUT2D eigenvalue weighted by atomic mass is 35.5. The van der Waals surface area contributed by atoms with Gasteiger partial charge in [0.15, 0.2) is 0 Å². The van der Waals surface area contributed by atoms with Crippen LogP contribution >= 0.6 is 11.6 Å². The Morgan fingerprint density at radius 3 is 2.63 bits per heavy atom. The molecule has 0 spiro atoms. The molecule has 0 aliphatic heterocycles. The first-order valence-corrected chi connectivity index (χ1v) is 7.29. The van der Waals surface area contributed by atoms with Gasteiger partial charge in [-0.15, -0.1) is 0 Å². The average Bonchev–Trinajstić information content (AvgIpc) is 3.13. The Hall–Kier alpha value is -1.10. The van der Waals surface area contributed by atoms with Gasteiger partial charge in [-0.2, -0.15) is 15.0 Å². The highest BCUT2D eigenvalue weighted by Crippen LogP contribution is 2.31. The van der Waals surface area contributed by atoms with Crippen molar-refractivity contribution < 1.29 is 4.74 Å². The molecule has 1 aromatic rings. The lowest BCUT2D eigenvalue weighted by Gasteiger charge is -2.23. The van der Waals surface area contributed by atoms with Gasteiger partial charge in [0.2, 0.25) is 11.2 Å². The molecular formula is C13H21ClN4O. The summed E-state index contributed by atoms with van der Waals surface area (Å²) in [5.74, 6) is 1.30. The van der Waals surface area contributed by atoms with E-state index in [2.05, 4.69) is 33.7 Å². The Kier molecular flexibility index (Phi) is 4.80. The van der Waals surface area contributed by atoms with Gasteiger partial charge in [0.1, 0.15) is 0 Å². The summed E-state index contributed by atoms with van der Waals surface area (Å²) in [6.45, 7) is 7.81. The molecule has 0 aromatic carbocycles. The normalized spacial score (nSPS) is 14.8. The van der Waals surface area contributed by atoms with E-state index in [1.54, 1.807) is 0 Å². The Morgan fingerprint density at radius 2 is 2.05 bits per heavy atom. The van der Waals surface area contributed by atoms with E-state index in [0.29, 0.717) is 30.5 Å². The molecule has 1 heterocycles. The highest BCUT2D eigenvalue weighted by Gasteiger charge is 2.31. The van der Waals surface area contributed by atoms with Crippen LogP contribution in [0.2, 0.25) is 5.28 Å². The Labute approximate surface area is 119 Å². The number of ether oxygens (including phenoxy) is 1. The van der Waals surface area contributed by atoms with E-state index in [-0.39, 0.29) is 5.28 Å². The summed E-state index contributed by atoms with van der Waals surface area (Å²) >= 11 is 5.95. The summed E-state index contributed by atoms with van der Waals surface area (Å²) in [6, 6.07) is 0.861. The standard InChI is InChI=1S/C13H21ClN4O/c1-4-19-13-16-11(14)15-12(17-13)18(10-5-6-10)8-7-9(2)3/h9-10H,4-8H2,1-3H3. The topological polar surface area (TPSA) is 51.1 Å². The smallest absolute Gasteiger partial charge is 0.322 e. The summed E-state index contributed by atoms with van der Waals surface area (Å²) in [4.78, 5) is 14.8. The van der Waals surface area contributed by atoms with E-state index in [4.69, 9.17) is 16.3 Å². The first-order valence-electron chi connectivity index (χ1n) is 6.91. The number of anilines is 1. The Bertz CT molecular complexity index is 423. The SMILES string of the molecule is CCOc1nc(Cl)nc(N(CCC(C)C)C2CC2)n1. The van der Waals surface area contributed by atoms with Crippen LogP contribution in [0.25, 0.3) is 0 Å². The van der Waals surface area contributed by atoms with Gasteiger partial charge in [0, 0.05) is 12.6 Å². The number of hydrogen-bond acceptors (Lipinski definition) is 5. The second kappa shape index (κ2) is 6.37. The molecule has 0 N–H and O–H groups in total. The van der Waals surface area contributed by atoms with Crippen LogP contribution in [0.3, 0.4) is 0 Å². The highest BCUT2D eigenvalue weighted by molar-refractivity contribution is 6.28. The van der Waals surface area contributed by atoms with Crippen LogP contribution in [0, 0.1) is 5.92 Å². The van der Waals surface area contributed by atoms with Crippen molar-refractivity contribution in [2.45, 2.75) is 46.1 Å². The molecule has 1 fully saturated rings. The maximum Gasteiger partial charge on any atom is 0.322 e. The zero-order valence-corrected chi connectivity index (χ0v) is 12.5. The molecule has 5 nitrogen and oxygen atoms in total. The van der Waals surface area contributed by atoms with Crippen LogP contribution in [-0.2, 0) is 0 Å². The number of rotatable bonds is 7. The molecule has 1 aromatic heterocycles. The largest absolute Gasteiger partial charge is 0.464 e. The molecule has 0 bridgehead atoms. The van der Waals surface area contributed by atoms with Crippen molar-refractivity contribution >= 4 is 17.5 Å². The Morgan fingerprint density at radius 1 is 1.32 bits per heavy atom. The molecule has 0 atom stereocenters. The third-order valence-corrected chi connectivity index (χ3v) is 3.21. The second-order valence-corrected chi connectivity index (χ2v) is 5.57. The quantitative estimate of drug-likeness (QED) is 0.770. The fraction of sp³-hybridized carbons (Fsp3) is 0.769. The molecule has 0 amide bonds. The summed E-state index contributed by atoms with van der Waals surface area (Å²) < 4.78 is 5.33. The molecule has 1 aliphatic carbocycles. The van der Waals surface area contributed by atoms with E-state index in [9.17, 15) is 0 Å². The summed E-state index contributed by atoms with van der Waals surface area (Å²) in [5, 5.41) is 0.198. The van der Waals surface area contributed by atoms with E-state index in [1.165, 1.54) is 12.8 Å². The third kappa shape index (κ3) is 4.20. The van der Waals surface area contributed by atoms with Crippen molar-refractivity contribution in [2.75, 3.05) is 18.1 Å². The lowest BCUT2D eigenvalue weighted by atomic mass is 10.1. The van der Waals surface area contributed by atoms with Gasteiger partial charge in [-0.05, 0) is 43.7 Å². The summed E-state index contributed by atoms with van der Waals surface area (Å²) in [7, 11) is 0. The van der Waals surface area contributed by atoms with Gasteiger partial charge in [0.05, 0.1) is 6.61 Å². The first kappa shape index (κ1) is 14.3. The van der Waals surface area contributed by atoms with Crippen molar-refractivity contribution in [3.05, 3.63) is 5.28 Å². The van der Waals surface area contributed by atoms with Crippen LogP contribution in [0.4, 0.5) is 5.95 Å². The molecule has 1 saturated carbocycles. The van der Waals surface area contributed by atoms with Gasteiger partial charge < -0.3 is 9.64 Å². The van der Waals surface area contributed by atoms with Crippen molar-refractivity contribution in [1.82, 2.24) is 15.0 Å². The molecular weight excluding hydrogens is 264 g/mol. The van der Waals surface area contributed by atoms with E-state index in [1.807, 2.05) is 6.92 Å². The Balaban J connectivity index is 2.15.